The highest BCUT2D eigenvalue weighted by molar-refractivity contribution is 5.88. The molecule has 0 saturated heterocycles. The molecule has 0 spiro atoms. The van der Waals surface area contributed by atoms with Crippen LogP contribution in [-0.4, -0.2) is 44.3 Å². The first-order chi connectivity index (χ1) is 7.92. The van der Waals surface area contributed by atoms with Crippen molar-refractivity contribution in [3.8, 4) is 0 Å². The summed E-state index contributed by atoms with van der Waals surface area (Å²) in [4.78, 5) is 29.3. The molecule has 0 fully saturated rings. The lowest BCUT2D eigenvalue weighted by atomic mass is 10.1. The van der Waals surface area contributed by atoms with Crippen molar-refractivity contribution in [3.63, 3.8) is 0 Å². The molecule has 0 saturated carbocycles. The van der Waals surface area contributed by atoms with Crippen LogP contribution in [0.1, 0.15) is 6.92 Å². The SMILES string of the molecule is CC(O)(CNC(=O)Nc1ncccn1)C(=O)O. The molecule has 0 aliphatic heterocycles. The van der Waals surface area contributed by atoms with Crippen molar-refractivity contribution in [2.45, 2.75) is 12.5 Å². The molecule has 0 radical (unpaired) electrons. The van der Waals surface area contributed by atoms with Crippen LogP contribution in [0.15, 0.2) is 18.5 Å². The molecule has 2 amide bonds. The molecular weight excluding hydrogens is 228 g/mol. The Kier molecular flexibility index (Phi) is 3.94. The van der Waals surface area contributed by atoms with Crippen molar-refractivity contribution in [2.75, 3.05) is 11.9 Å². The van der Waals surface area contributed by atoms with Crippen LogP contribution >= 0.6 is 0 Å². The van der Waals surface area contributed by atoms with Gasteiger partial charge in [-0.15, -0.1) is 0 Å². The minimum atomic E-state index is -2.02. The monoisotopic (exact) mass is 240 g/mol. The van der Waals surface area contributed by atoms with Crippen LogP contribution in [0.4, 0.5) is 10.7 Å². The van der Waals surface area contributed by atoms with E-state index < -0.39 is 24.1 Å². The molecule has 0 bridgehead atoms. The lowest BCUT2D eigenvalue weighted by Crippen LogP contribution is -2.47. The van der Waals surface area contributed by atoms with Gasteiger partial charge >= 0.3 is 12.0 Å². The van der Waals surface area contributed by atoms with Gasteiger partial charge in [0.2, 0.25) is 5.95 Å². The van der Waals surface area contributed by atoms with Gasteiger partial charge in [0, 0.05) is 12.4 Å². The summed E-state index contributed by atoms with van der Waals surface area (Å²) in [7, 11) is 0. The summed E-state index contributed by atoms with van der Waals surface area (Å²) in [6.45, 7) is 0.648. The zero-order chi connectivity index (χ0) is 12.9. The van der Waals surface area contributed by atoms with Gasteiger partial charge in [0.05, 0.1) is 6.54 Å². The van der Waals surface area contributed by atoms with E-state index in [1.165, 1.54) is 12.4 Å². The predicted molar refractivity (Wildman–Crippen MR) is 57.3 cm³/mol. The van der Waals surface area contributed by atoms with Crippen LogP contribution in [-0.2, 0) is 4.79 Å². The number of amides is 2. The van der Waals surface area contributed by atoms with Gasteiger partial charge in [-0.1, -0.05) is 0 Å². The summed E-state index contributed by atoms with van der Waals surface area (Å²) in [6.07, 6.45) is 2.88. The smallest absolute Gasteiger partial charge is 0.337 e. The predicted octanol–water partition coefficient (Wildman–Crippen LogP) is -0.566. The fourth-order valence-corrected chi connectivity index (χ4v) is 0.837. The van der Waals surface area contributed by atoms with Gasteiger partial charge in [0.1, 0.15) is 0 Å². The Labute approximate surface area is 96.7 Å². The zero-order valence-corrected chi connectivity index (χ0v) is 9.04. The number of nitrogens with one attached hydrogen (secondary N) is 2. The quantitative estimate of drug-likeness (QED) is 0.558. The zero-order valence-electron chi connectivity index (χ0n) is 9.04. The van der Waals surface area contributed by atoms with E-state index in [9.17, 15) is 14.7 Å². The topological polar surface area (TPSA) is 124 Å². The molecule has 1 aromatic rings. The number of carboxylic acids is 1. The molecule has 1 atom stereocenters. The molecular formula is C9H12N4O4. The van der Waals surface area contributed by atoms with Crippen molar-refractivity contribution in [1.82, 2.24) is 15.3 Å². The number of hydrogen-bond donors (Lipinski definition) is 4. The summed E-state index contributed by atoms with van der Waals surface area (Å²) in [5.41, 5.74) is -2.02. The van der Waals surface area contributed by atoms with Gasteiger partial charge in [-0.25, -0.2) is 19.6 Å². The van der Waals surface area contributed by atoms with Crippen molar-refractivity contribution >= 4 is 17.9 Å². The van der Waals surface area contributed by atoms with Crippen LogP contribution < -0.4 is 10.6 Å². The first-order valence-corrected chi connectivity index (χ1v) is 4.69. The van der Waals surface area contributed by atoms with Crippen LogP contribution in [0.3, 0.4) is 0 Å². The van der Waals surface area contributed by atoms with Crippen LogP contribution in [0.25, 0.3) is 0 Å². The number of carbonyl (C=O) groups is 2. The second kappa shape index (κ2) is 5.21. The number of rotatable bonds is 4. The second-order valence-corrected chi connectivity index (χ2v) is 3.46. The van der Waals surface area contributed by atoms with Crippen molar-refractivity contribution in [2.24, 2.45) is 0 Å². The lowest BCUT2D eigenvalue weighted by Gasteiger charge is -2.18. The van der Waals surface area contributed by atoms with E-state index in [1.807, 2.05) is 0 Å². The molecule has 8 heteroatoms. The third kappa shape index (κ3) is 4.03. The fraction of sp³-hybridized carbons (Fsp3) is 0.333. The second-order valence-electron chi connectivity index (χ2n) is 3.46. The van der Waals surface area contributed by atoms with Crippen molar-refractivity contribution in [1.29, 1.82) is 0 Å². The van der Waals surface area contributed by atoms with E-state index in [2.05, 4.69) is 20.6 Å². The minimum Gasteiger partial charge on any atom is -0.479 e. The van der Waals surface area contributed by atoms with E-state index in [4.69, 9.17) is 5.11 Å². The van der Waals surface area contributed by atoms with E-state index in [1.54, 1.807) is 6.07 Å². The molecule has 0 aliphatic carbocycles. The molecule has 1 aromatic heterocycles. The Morgan fingerprint density at radius 1 is 1.41 bits per heavy atom. The third-order valence-electron chi connectivity index (χ3n) is 1.85. The Hall–Kier alpha value is -2.22. The van der Waals surface area contributed by atoms with Gasteiger partial charge in [-0.2, -0.15) is 0 Å². The van der Waals surface area contributed by atoms with Gasteiger partial charge in [-0.05, 0) is 13.0 Å². The van der Waals surface area contributed by atoms with Gasteiger partial charge in [0.15, 0.2) is 5.60 Å². The number of aliphatic hydroxyl groups is 1. The highest BCUT2D eigenvalue weighted by Crippen LogP contribution is 2.01. The minimum absolute atomic E-state index is 0.0833. The largest absolute Gasteiger partial charge is 0.479 e. The number of hydrogen-bond acceptors (Lipinski definition) is 5. The molecule has 17 heavy (non-hydrogen) atoms. The number of carboxylic acid groups (broad SMARTS) is 1. The summed E-state index contributed by atoms with van der Waals surface area (Å²) < 4.78 is 0. The Bertz CT molecular complexity index is 407. The van der Waals surface area contributed by atoms with Gasteiger partial charge in [-0.3, -0.25) is 5.32 Å². The fourth-order valence-electron chi connectivity index (χ4n) is 0.837. The van der Waals surface area contributed by atoms with Crippen LogP contribution in [0.5, 0.6) is 0 Å². The highest BCUT2D eigenvalue weighted by Gasteiger charge is 2.30. The maximum Gasteiger partial charge on any atom is 0.337 e. The first-order valence-electron chi connectivity index (χ1n) is 4.69. The van der Waals surface area contributed by atoms with Crippen LogP contribution in [0.2, 0.25) is 0 Å². The number of nitrogens with zero attached hydrogens (tertiary/aromatic N) is 2. The van der Waals surface area contributed by atoms with Gasteiger partial charge < -0.3 is 15.5 Å². The number of aromatic nitrogens is 2. The Morgan fingerprint density at radius 2 is 2.00 bits per heavy atom. The van der Waals surface area contributed by atoms with E-state index in [0.717, 1.165) is 6.92 Å². The maximum atomic E-state index is 11.3. The maximum absolute atomic E-state index is 11.3. The van der Waals surface area contributed by atoms with E-state index >= 15 is 0 Å². The Morgan fingerprint density at radius 3 is 2.53 bits per heavy atom. The summed E-state index contributed by atoms with van der Waals surface area (Å²) in [5, 5.41) is 22.4. The van der Waals surface area contributed by atoms with Crippen molar-refractivity contribution in [3.05, 3.63) is 18.5 Å². The molecule has 1 unspecified atom stereocenters. The molecule has 1 heterocycles. The molecule has 1 rings (SSSR count). The Balaban J connectivity index is 2.44. The summed E-state index contributed by atoms with van der Waals surface area (Å²) in [6, 6.07) is 0.885. The molecule has 0 aliphatic rings. The standard InChI is InChI=1S/C9H12N4O4/c1-9(17,6(14)15)5-12-8(16)13-7-10-3-2-4-11-7/h2-4,17H,5H2,1H3,(H,14,15)(H2,10,11,12,13,16). The van der Waals surface area contributed by atoms with E-state index in [-0.39, 0.29) is 5.95 Å². The average molecular weight is 240 g/mol. The number of aliphatic carboxylic acids is 1. The average Bonchev–Trinajstić information content (AvgIpc) is 2.28. The molecule has 0 aromatic carbocycles. The lowest BCUT2D eigenvalue weighted by molar-refractivity contribution is -0.155. The highest BCUT2D eigenvalue weighted by atomic mass is 16.4. The number of carbonyl (C=O) groups excluding carboxylic acids is 1. The third-order valence-corrected chi connectivity index (χ3v) is 1.85. The normalized spacial score (nSPS) is 13.5. The summed E-state index contributed by atoms with van der Waals surface area (Å²) in [5.74, 6) is -1.34. The van der Waals surface area contributed by atoms with Gasteiger partial charge in [0.25, 0.3) is 0 Å². The van der Waals surface area contributed by atoms with Crippen molar-refractivity contribution < 1.29 is 19.8 Å². The van der Waals surface area contributed by atoms with E-state index in [0.29, 0.717) is 0 Å². The molecule has 8 nitrogen and oxygen atoms in total. The first kappa shape index (κ1) is 12.8. The number of urea groups is 1. The number of anilines is 1. The molecule has 4 N–H and O–H groups in total. The molecule has 92 valence electrons. The van der Waals surface area contributed by atoms with Crippen LogP contribution in [0, 0.1) is 0 Å². The summed E-state index contributed by atoms with van der Waals surface area (Å²) >= 11 is 0.